The lowest BCUT2D eigenvalue weighted by atomic mass is 9.85. The first-order valence-electron chi connectivity index (χ1n) is 8.73. The smallest absolute Gasteiger partial charge is 0.228 e. The largest absolute Gasteiger partial charge is 0.468 e. The topological polar surface area (TPSA) is 95.4 Å². The van der Waals surface area contributed by atoms with Crippen molar-refractivity contribution in [2.75, 3.05) is 0 Å². The molecule has 0 saturated heterocycles. The van der Waals surface area contributed by atoms with Crippen molar-refractivity contribution >= 4 is 11.4 Å². The molecule has 0 N–H and O–H groups in total. The Morgan fingerprint density at radius 1 is 1.18 bits per heavy atom. The highest BCUT2D eigenvalue weighted by Crippen LogP contribution is 2.44. The first-order chi connectivity index (χ1) is 13.6. The van der Waals surface area contributed by atoms with Gasteiger partial charge in [-0.15, -0.1) is 5.10 Å². The summed E-state index contributed by atoms with van der Waals surface area (Å²) in [6, 6.07) is 9.15. The third-order valence-electron chi connectivity index (χ3n) is 4.69. The monoisotopic (exact) mass is 373 g/mol. The normalized spacial score (nSPS) is 16.1. The first-order valence-corrected chi connectivity index (χ1v) is 8.73. The van der Waals surface area contributed by atoms with Crippen molar-refractivity contribution in [1.29, 1.82) is 0 Å². The molecule has 5 rings (SSSR count). The molecule has 0 fully saturated rings. The Labute approximate surface area is 159 Å². The third kappa shape index (κ3) is 2.42. The van der Waals surface area contributed by atoms with E-state index in [-0.39, 0.29) is 5.78 Å². The van der Waals surface area contributed by atoms with Gasteiger partial charge in [-0.05, 0) is 38.1 Å². The number of aromatic nitrogens is 5. The summed E-state index contributed by atoms with van der Waals surface area (Å²) in [5.74, 6) is 1.39. The molecule has 1 aliphatic rings. The molecule has 4 aromatic rings. The van der Waals surface area contributed by atoms with Crippen LogP contribution in [0.2, 0.25) is 0 Å². The predicted molar refractivity (Wildman–Crippen MR) is 98.6 cm³/mol. The Morgan fingerprint density at radius 3 is 2.79 bits per heavy atom. The molecule has 0 spiro atoms. The summed E-state index contributed by atoms with van der Waals surface area (Å²) in [4.78, 5) is 25.8. The molecule has 0 bridgehead atoms. The summed E-state index contributed by atoms with van der Waals surface area (Å²) in [6.45, 7) is 3.27. The predicted octanol–water partition coefficient (Wildman–Crippen LogP) is 3.17. The number of allylic oxidation sites excluding steroid dienone is 2. The van der Waals surface area contributed by atoms with Gasteiger partial charge >= 0.3 is 0 Å². The van der Waals surface area contributed by atoms with E-state index in [0.29, 0.717) is 45.7 Å². The van der Waals surface area contributed by atoms with Crippen LogP contribution in [0, 0.1) is 0 Å². The van der Waals surface area contributed by atoms with Gasteiger partial charge in [0.1, 0.15) is 23.5 Å². The molecule has 28 heavy (non-hydrogen) atoms. The molecular weight excluding hydrogens is 358 g/mol. The Morgan fingerprint density at radius 2 is 2.07 bits per heavy atom. The van der Waals surface area contributed by atoms with E-state index >= 15 is 0 Å². The highest BCUT2D eigenvalue weighted by molar-refractivity contribution is 5.97. The molecule has 0 aromatic carbocycles. The fraction of sp³-hybridized carbons (Fsp3) is 0.150. The Hall–Kier alpha value is -3.81. The minimum Gasteiger partial charge on any atom is -0.468 e. The second-order valence-electron chi connectivity index (χ2n) is 6.46. The van der Waals surface area contributed by atoms with E-state index in [1.807, 2.05) is 24.3 Å². The maximum atomic E-state index is 12.4. The highest BCUT2D eigenvalue weighted by atomic mass is 16.5. The number of hydrogen-bond acceptors (Lipinski definition) is 7. The standard InChI is InChI=1S/C20H15N5O3/c1-11(26)15-12(2)28-20-17(16(15)14-7-5-9-27-14)19-23-18(24-25(19)10-22-20)13-6-3-4-8-21-13/h3-10,16H,1-2H3. The third-order valence-corrected chi connectivity index (χ3v) is 4.69. The molecule has 0 aliphatic carbocycles. The molecule has 1 aliphatic heterocycles. The Bertz CT molecular complexity index is 1230. The second-order valence-corrected chi connectivity index (χ2v) is 6.46. The van der Waals surface area contributed by atoms with E-state index in [4.69, 9.17) is 9.15 Å². The van der Waals surface area contributed by atoms with Gasteiger partial charge in [0.2, 0.25) is 11.7 Å². The molecular formula is C20H15N5O3. The molecule has 138 valence electrons. The number of carbonyl (C=O) groups is 1. The number of ketones is 1. The molecule has 1 unspecified atom stereocenters. The van der Waals surface area contributed by atoms with Crippen LogP contribution >= 0.6 is 0 Å². The average molecular weight is 373 g/mol. The van der Waals surface area contributed by atoms with E-state index in [0.717, 1.165) is 0 Å². The molecule has 8 heteroatoms. The second kappa shape index (κ2) is 6.12. The molecule has 8 nitrogen and oxygen atoms in total. The van der Waals surface area contributed by atoms with Gasteiger partial charge in [-0.2, -0.15) is 0 Å². The van der Waals surface area contributed by atoms with Crippen molar-refractivity contribution in [1.82, 2.24) is 24.6 Å². The summed E-state index contributed by atoms with van der Waals surface area (Å²) < 4.78 is 13.1. The number of fused-ring (bicyclic) bond motifs is 3. The molecule has 5 heterocycles. The minimum atomic E-state index is -0.478. The van der Waals surface area contributed by atoms with Gasteiger partial charge in [0.25, 0.3) is 0 Å². The number of pyridine rings is 1. The van der Waals surface area contributed by atoms with Crippen LogP contribution in [-0.4, -0.2) is 30.3 Å². The summed E-state index contributed by atoms with van der Waals surface area (Å²) in [5.41, 5.74) is 2.34. The maximum Gasteiger partial charge on any atom is 0.228 e. The summed E-state index contributed by atoms with van der Waals surface area (Å²) >= 11 is 0. The average Bonchev–Trinajstić information content (AvgIpc) is 3.37. The SMILES string of the molecule is CC(=O)C1=C(C)Oc2ncn3nc(-c4ccccn4)nc3c2C1c1ccco1. The fourth-order valence-corrected chi connectivity index (χ4v) is 3.54. The number of Topliss-reactive ketones (excluding diaryl/α,β-unsaturated/α-hetero) is 1. The Balaban J connectivity index is 1.79. The lowest BCUT2D eigenvalue weighted by Gasteiger charge is -2.26. The lowest BCUT2D eigenvalue weighted by molar-refractivity contribution is -0.114. The van der Waals surface area contributed by atoms with Crippen LogP contribution < -0.4 is 4.74 Å². The molecule has 0 radical (unpaired) electrons. The van der Waals surface area contributed by atoms with Gasteiger partial charge in [-0.25, -0.2) is 14.5 Å². The van der Waals surface area contributed by atoms with Crippen molar-refractivity contribution in [2.24, 2.45) is 0 Å². The van der Waals surface area contributed by atoms with E-state index in [9.17, 15) is 4.79 Å². The van der Waals surface area contributed by atoms with E-state index in [2.05, 4.69) is 20.1 Å². The zero-order valence-corrected chi connectivity index (χ0v) is 15.2. The summed E-state index contributed by atoms with van der Waals surface area (Å²) in [5, 5.41) is 4.49. The van der Waals surface area contributed by atoms with Crippen molar-refractivity contribution in [3.8, 4) is 17.4 Å². The van der Waals surface area contributed by atoms with Crippen molar-refractivity contribution in [3.63, 3.8) is 0 Å². The van der Waals surface area contributed by atoms with Crippen LogP contribution in [0.1, 0.15) is 31.1 Å². The van der Waals surface area contributed by atoms with Crippen LogP contribution in [0.25, 0.3) is 17.2 Å². The number of carbonyl (C=O) groups excluding carboxylic acids is 1. The summed E-state index contributed by atoms with van der Waals surface area (Å²) in [6.07, 6.45) is 4.80. The zero-order valence-electron chi connectivity index (χ0n) is 15.2. The zero-order chi connectivity index (χ0) is 19.3. The van der Waals surface area contributed by atoms with Crippen LogP contribution in [0.4, 0.5) is 0 Å². The maximum absolute atomic E-state index is 12.4. The van der Waals surface area contributed by atoms with Gasteiger partial charge < -0.3 is 9.15 Å². The van der Waals surface area contributed by atoms with Crippen LogP contribution in [-0.2, 0) is 4.79 Å². The van der Waals surface area contributed by atoms with Crippen molar-refractivity contribution in [2.45, 2.75) is 19.8 Å². The molecule has 0 amide bonds. The quantitative estimate of drug-likeness (QED) is 0.544. The minimum absolute atomic E-state index is 0.101. The van der Waals surface area contributed by atoms with Crippen LogP contribution in [0.3, 0.4) is 0 Å². The fourth-order valence-electron chi connectivity index (χ4n) is 3.54. The van der Waals surface area contributed by atoms with Crippen molar-refractivity contribution < 1.29 is 13.9 Å². The Kier molecular flexibility index (Phi) is 3.58. The number of nitrogens with zero attached hydrogens (tertiary/aromatic N) is 5. The molecule has 4 aromatic heterocycles. The van der Waals surface area contributed by atoms with Gasteiger partial charge in [0.05, 0.1) is 17.7 Å². The van der Waals surface area contributed by atoms with E-state index < -0.39 is 5.92 Å². The number of rotatable bonds is 3. The van der Waals surface area contributed by atoms with E-state index in [1.165, 1.54) is 6.92 Å². The molecule has 0 saturated carbocycles. The van der Waals surface area contributed by atoms with Gasteiger partial charge in [0, 0.05) is 11.8 Å². The van der Waals surface area contributed by atoms with Gasteiger partial charge in [-0.1, -0.05) is 6.07 Å². The number of ether oxygens (including phenoxy) is 1. The number of furan rings is 1. The van der Waals surface area contributed by atoms with Crippen molar-refractivity contribution in [3.05, 3.63) is 71.8 Å². The van der Waals surface area contributed by atoms with Gasteiger partial charge in [-0.3, -0.25) is 9.78 Å². The van der Waals surface area contributed by atoms with Crippen LogP contribution in [0.15, 0.2) is 64.9 Å². The number of hydrogen-bond donors (Lipinski definition) is 0. The first kappa shape index (κ1) is 16.4. The van der Waals surface area contributed by atoms with Gasteiger partial charge in [0.15, 0.2) is 11.4 Å². The molecule has 1 atom stereocenters. The summed E-state index contributed by atoms with van der Waals surface area (Å²) in [7, 11) is 0. The lowest BCUT2D eigenvalue weighted by Crippen LogP contribution is -2.21. The highest BCUT2D eigenvalue weighted by Gasteiger charge is 2.37. The van der Waals surface area contributed by atoms with Crippen LogP contribution in [0.5, 0.6) is 5.88 Å². The van der Waals surface area contributed by atoms with E-state index in [1.54, 1.807) is 36.3 Å².